The third-order valence-electron chi connectivity index (χ3n) is 3.22. The van der Waals surface area contributed by atoms with Crippen molar-refractivity contribution in [1.29, 1.82) is 5.26 Å². The molecule has 0 saturated carbocycles. The zero-order valence-electron chi connectivity index (χ0n) is 10.9. The highest BCUT2D eigenvalue weighted by atomic mass is 32.1. The largest absolute Gasteiger partial charge is 0.370 e. The molecule has 1 unspecified atom stereocenters. The molecule has 0 saturated heterocycles. The quantitative estimate of drug-likeness (QED) is 0.847. The molecule has 0 radical (unpaired) electrons. The first-order valence-corrected chi connectivity index (χ1v) is 6.95. The lowest BCUT2D eigenvalue weighted by atomic mass is 10.1. The van der Waals surface area contributed by atoms with E-state index < -0.39 is 5.82 Å². The molecule has 2 aromatic rings. The number of thiophene rings is 1. The number of halogens is 1. The van der Waals surface area contributed by atoms with Crippen molar-refractivity contribution >= 4 is 17.0 Å². The smallest absolute Gasteiger partial charge is 0.143 e. The van der Waals surface area contributed by atoms with Crippen LogP contribution in [-0.2, 0) is 6.42 Å². The van der Waals surface area contributed by atoms with Crippen LogP contribution in [0.1, 0.15) is 17.4 Å². The number of anilines is 1. The number of likely N-dealkylation sites (N-methyl/N-ethyl adjacent to an activating group) is 1. The predicted molar refractivity (Wildman–Crippen MR) is 77.0 cm³/mol. The van der Waals surface area contributed by atoms with Crippen LogP contribution in [0.2, 0.25) is 0 Å². The molecule has 1 aromatic heterocycles. The summed E-state index contributed by atoms with van der Waals surface area (Å²) in [5, 5.41) is 11.1. The van der Waals surface area contributed by atoms with Gasteiger partial charge >= 0.3 is 0 Å². The van der Waals surface area contributed by atoms with Gasteiger partial charge < -0.3 is 4.90 Å². The van der Waals surface area contributed by atoms with Gasteiger partial charge in [-0.1, -0.05) is 12.1 Å². The molecular formula is C15H15FN2S. The summed E-state index contributed by atoms with van der Waals surface area (Å²) in [5.74, 6) is -0.463. The normalized spacial score (nSPS) is 11.9. The molecule has 0 aliphatic rings. The zero-order chi connectivity index (χ0) is 13.8. The molecular weight excluding hydrogens is 259 g/mol. The summed E-state index contributed by atoms with van der Waals surface area (Å²) in [4.78, 5) is 3.25. The Morgan fingerprint density at radius 2 is 2.16 bits per heavy atom. The molecule has 4 heteroatoms. The van der Waals surface area contributed by atoms with Gasteiger partial charge in [-0.05, 0) is 30.5 Å². The van der Waals surface area contributed by atoms with E-state index in [1.807, 2.05) is 29.5 Å². The highest BCUT2D eigenvalue weighted by Gasteiger charge is 2.16. The van der Waals surface area contributed by atoms with Gasteiger partial charge in [0.05, 0.1) is 5.69 Å². The van der Waals surface area contributed by atoms with Gasteiger partial charge in [-0.3, -0.25) is 0 Å². The first-order chi connectivity index (χ1) is 9.13. The number of rotatable bonds is 4. The molecule has 2 nitrogen and oxygen atoms in total. The summed E-state index contributed by atoms with van der Waals surface area (Å²) in [6, 6.07) is 11.0. The molecule has 0 bridgehead atoms. The average molecular weight is 274 g/mol. The molecule has 0 spiro atoms. The van der Waals surface area contributed by atoms with Gasteiger partial charge in [0.25, 0.3) is 0 Å². The fourth-order valence-corrected chi connectivity index (χ4v) is 2.84. The van der Waals surface area contributed by atoms with Crippen molar-refractivity contribution in [3.63, 3.8) is 0 Å². The van der Waals surface area contributed by atoms with Crippen molar-refractivity contribution in [3.05, 3.63) is 52.0 Å². The van der Waals surface area contributed by atoms with E-state index in [4.69, 9.17) is 5.26 Å². The fourth-order valence-electron chi connectivity index (χ4n) is 2.01. The molecule has 0 amide bonds. The molecule has 2 rings (SSSR count). The van der Waals surface area contributed by atoms with Crippen LogP contribution in [0.4, 0.5) is 10.1 Å². The summed E-state index contributed by atoms with van der Waals surface area (Å²) >= 11 is 1.71. The van der Waals surface area contributed by atoms with E-state index >= 15 is 0 Å². The number of hydrogen-bond donors (Lipinski definition) is 0. The van der Waals surface area contributed by atoms with E-state index in [2.05, 4.69) is 13.0 Å². The average Bonchev–Trinajstić information content (AvgIpc) is 2.90. The van der Waals surface area contributed by atoms with Crippen molar-refractivity contribution < 1.29 is 4.39 Å². The number of benzene rings is 1. The number of nitrogens with zero attached hydrogens (tertiary/aromatic N) is 2. The second-order valence-corrected chi connectivity index (χ2v) is 5.52. The van der Waals surface area contributed by atoms with Crippen LogP contribution >= 0.6 is 11.3 Å². The van der Waals surface area contributed by atoms with E-state index in [9.17, 15) is 4.39 Å². The maximum absolute atomic E-state index is 13.6. The van der Waals surface area contributed by atoms with Gasteiger partial charge in [0.2, 0.25) is 0 Å². The van der Waals surface area contributed by atoms with E-state index in [1.165, 1.54) is 10.9 Å². The van der Waals surface area contributed by atoms with Crippen molar-refractivity contribution in [2.45, 2.75) is 19.4 Å². The Morgan fingerprint density at radius 1 is 1.37 bits per heavy atom. The predicted octanol–water partition coefficient (Wildman–Crippen LogP) is 3.83. The first kappa shape index (κ1) is 13.6. The monoisotopic (exact) mass is 274 g/mol. The lowest BCUT2D eigenvalue weighted by Crippen LogP contribution is -2.31. The standard InChI is InChI=1S/C15H15FN2S/c1-11(9-12-5-4-8-19-12)18(2)15-7-3-6-14(16)13(15)10-17/h3-8,11H,9H2,1-2H3. The second-order valence-electron chi connectivity index (χ2n) is 4.49. The SMILES string of the molecule is CC(Cc1cccs1)N(C)c1cccc(F)c1C#N. The molecule has 0 N–H and O–H groups in total. The Morgan fingerprint density at radius 3 is 2.79 bits per heavy atom. The molecule has 98 valence electrons. The van der Waals surface area contributed by atoms with Crippen LogP contribution in [0.15, 0.2) is 35.7 Å². The Labute approximate surface area is 116 Å². The minimum Gasteiger partial charge on any atom is -0.370 e. The molecule has 19 heavy (non-hydrogen) atoms. The topological polar surface area (TPSA) is 27.0 Å². The fraction of sp³-hybridized carbons (Fsp3) is 0.267. The Hall–Kier alpha value is -1.86. The summed E-state index contributed by atoms with van der Waals surface area (Å²) in [7, 11) is 1.90. The second kappa shape index (κ2) is 5.85. The molecule has 0 aliphatic carbocycles. The highest BCUT2D eigenvalue weighted by molar-refractivity contribution is 7.09. The maximum Gasteiger partial charge on any atom is 0.143 e. The van der Waals surface area contributed by atoms with E-state index in [0.717, 1.165) is 6.42 Å². The zero-order valence-corrected chi connectivity index (χ0v) is 11.7. The summed E-state index contributed by atoms with van der Waals surface area (Å²) < 4.78 is 13.6. The van der Waals surface area contributed by atoms with E-state index in [-0.39, 0.29) is 11.6 Å². The van der Waals surface area contributed by atoms with Gasteiger partial charge in [-0.15, -0.1) is 11.3 Å². The van der Waals surface area contributed by atoms with Gasteiger partial charge in [0.15, 0.2) is 0 Å². The van der Waals surface area contributed by atoms with Crippen LogP contribution in [0.3, 0.4) is 0 Å². The van der Waals surface area contributed by atoms with Crippen LogP contribution in [-0.4, -0.2) is 13.1 Å². The summed E-state index contributed by atoms with van der Waals surface area (Å²) in [6.07, 6.45) is 0.884. The van der Waals surface area contributed by atoms with Crippen molar-refractivity contribution in [3.8, 4) is 6.07 Å². The highest BCUT2D eigenvalue weighted by Crippen LogP contribution is 2.24. The first-order valence-electron chi connectivity index (χ1n) is 6.07. The van der Waals surface area contributed by atoms with Crippen LogP contribution in [0, 0.1) is 17.1 Å². The third-order valence-corrected chi connectivity index (χ3v) is 4.12. The van der Waals surface area contributed by atoms with Gasteiger partial charge in [-0.25, -0.2) is 4.39 Å². The minimum atomic E-state index is -0.463. The molecule has 1 aromatic carbocycles. The number of hydrogen-bond acceptors (Lipinski definition) is 3. The molecule has 1 heterocycles. The third kappa shape index (κ3) is 2.94. The van der Waals surface area contributed by atoms with E-state index in [1.54, 1.807) is 23.5 Å². The lowest BCUT2D eigenvalue weighted by molar-refractivity contribution is 0.619. The molecule has 0 fully saturated rings. The Bertz CT molecular complexity index is 587. The van der Waals surface area contributed by atoms with Crippen molar-refractivity contribution in [1.82, 2.24) is 0 Å². The maximum atomic E-state index is 13.6. The van der Waals surface area contributed by atoms with E-state index in [0.29, 0.717) is 5.69 Å². The van der Waals surface area contributed by atoms with Crippen molar-refractivity contribution in [2.75, 3.05) is 11.9 Å². The van der Waals surface area contributed by atoms with Crippen LogP contribution in [0.5, 0.6) is 0 Å². The van der Waals surface area contributed by atoms with Crippen LogP contribution < -0.4 is 4.90 Å². The summed E-state index contributed by atoms with van der Waals surface area (Å²) in [5.41, 5.74) is 0.759. The lowest BCUT2D eigenvalue weighted by Gasteiger charge is -2.27. The number of nitriles is 1. The molecule has 0 aliphatic heterocycles. The van der Waals surface area contributed by atoms with Gasteiger partial charge in [-0.2, -0.15) is 5.26 Å². The Balaban J connectivity index is 2.22. The van der Waals surface area contributed by atoms with Crippen LogP contribution in [0.25, 0.3) is 0 Å². The van der Waals surface area contributed by atoms with Gasteiger partial charge in [0.1, 0.15) is 17.4 Å². The minimum absolute atomic E-state index is 0.114. The van der Waals surface area contributed by atoms with Crippen molar-refractivity contribution in [2.24, 2.45) is 0 Å². The van der Waals surface area contributed by atoms with Gasteiger partial charge in [0, 0.05) is 24.4 Å². The summed E-state index contributed by atoms with van der Waals surface area (Å²) in [6.45, 7) is 2.08. The molecule has 1 atom stereocenters. The Kier molecular flexibility index (Phi) is 4.18.